The van der Waals surface area contributed by atoms with Gasteiger partial charge in [-0.05, 0) is 25.2 Å². The minimum absolute atomic E-state index is 0.120. The molecule has 0 radical (unpaired) electrons. The molecule has 118 valence electrons. The summed E-state index contributed by atoms with van der Waals surface area (Å²) in [6.45, 7) is 1.95. The van der Waals surface area contributed by atoms with Crippen LogP contribution in [0.3, 0.4) is 0 Å². The highest BCUT2D eigenvalue weighted by atomic mass is 35.5. The van der Waals surface area contributed by atoms with Crippen LogP contribution in [-0.4, -0.2) is 54.4 Å². The summed E-state index contributed by atoms with van der Waals surface area (Å²) in [5.41, 5.74) is -0.154. The number of hydrogen-bond acceptors (Lipinski definition) is 4. The van der Waals surface area contributed by atoms with Crippen molar-refractivity contribution in [1.29, 1.82) is 0 Å². The number of anilines is 1. The van der Waals surface area contributed by atoms with Crippen molar-refractivity contribution < 1.29 is 15.0 Å². The summed E-state index contributed by atoms with van der Waals surface area (Å²) in [6.07, 6.45) is 0. The molecule has 0 saturated heterocycles. The summed E-state index contributed by atoms with van der Waals surface area (Å²) in [4.78, 5) is 13.7. The van der Waals surface area contributed by atoms with Gasteiger partial charge in [0.15, 0.2) is 0 Å². The van der Waals surface area contributed by atoms with Gasteiger partial charge >= 0.3 is 0 Å². The minimum Gasteiger partial charge on any atom is -0.396 e. The van der Waals surface area contributed by atoms with Gasteiger partial charge in [0.1, 0.15) is 0 Å². The molecule has 0 aliphatic carbocycles. The van der Waals surface area contributed by atoms with Crippen molar-refractivity contribution >= 4 is 34.8 Å². The molecule has 3 N–H and O–H groups in total. The normalized spacial score (nSPS) is 11.8. The molecule has 1 rings (SSSR count). The van der Waals surface area contributed by atoms with E-state index in [0.29, 0.717) is 22.3 Å². The Hall–Kier alpha value is -0.850. The van der Waals surface area contributed by atoms with E-state index >= 15 is 0 Å². The van der Waals surface area contributed by atoms with Gasteiger partial charge < -0.3 is 15.5 Å². The first-order valence-electron chi connectivity index (χ1n) is 6.45. The second kappa shape index (κ2) is 7.96. The number of carbonyl (C=O) groups excluding carboxylic acids is 1. The Morgan fingerprint density at radius 3 is 2.48 bits per heavy atom. The fourth-order valence-electron chi connectivity index (χ4n) is 1.88. The number of halogens is 2. The standard InChI is InChI=1S/C14H20Cl2N2O3/c1-14(8-19,9-20)7-18(2)6-13(21)17-12-4-3-10(15)5-11(12)16/h3-5,19-20H,6-9H2,1-2H3,(H,17,21). The zero-order valence-electron chi connectivity index (χ0n) is 12.1. The third-order valence-corrected chi connectivity index (χ3v) is 3.58. The molecular formula is C14H20Cl2N2O3. The highest BCUT2D eigenvalue weighted by molar-refractivity contribution is 6.36. The molecule has 0 unspecified atom stereocenters. The van der Waals surface area contributed by atoms with Crippen molar-refractivity contribution in [2.75, 3.05) is 38.7 Å². The molecule has 0 spiro atoms. The lowest BCUT2D eigenvalue weighted by atomic mass is 9.92. The molecule has 0 saturated carbocycles. The first-order chi connectivity index (χ1) is 9.79. The van der Waals surface area contributed by atoms with E-state index in [1.807, 2.05) is 0 Å². The van der Waals surface area contributed by atoms with Gasteiger partial charge in [0.05, 0.1) is 30.5 Å². The van der Waals surface area contributed by atoms with Gasteiger partial charge in [0.2, 0.25) is 5.91 Å². The number of carbonyl (C=O) groups is 1. The molecule has 0 aromatic heterocycles. The molecule has 5 nitrogen and oxygen atoms in total. The van der Waals surface area contributed by atoms with E-state index < -0.39 is 5.41 Å². The van der Waals surface area contributed by atoms with Gasteiger partial charge in [0, 0.05) is 17.0 Å². The van der Waals surface area contributed by atoms with E-state index in [9.17, 15) is 15.0 Å². The van der Waals surface area contributed by atoms with Crippen LogP contribution in [0.25, 0.3) is 0 Å². The maximum Gasteiger partial charge on any atom is 0.238 e. The van der Waals surface area contributed by atoms with Crippen LogP contribution < -0.4 is 5.32 Å². The highest BCUT2D eigenvalue weighted by Crippen LogP contribution is 2.25. The average Bonchev–Trinajstić information content (AvgIpc) is 2.41. The zero-order valence-corrected chi connectivity index (χ0v) is 13.6. The maximum atomic E-state index is 12.0. The third-order valence-electron chi connectivity index (χ3n) is 3.03. The molecule has 1 aromatic rings. The SMILES string of the molecule is CN(CC(=O)Nc1ccc(Cl)cc1Cl)CC(C)(CO)CO. The Morgan fingerprint density at radius 2 is 1.95 bits per heavy atom. The van der Waals surface area contributed by atoms with Gasteiger partial charge in [-0.1, -0.05) is 30.1 Å². The summed E-state index contributed by atoms with van der Waals surface area (Å²) in [5, 5.41) is 22.1. The number of hydrogen-bond donors (Lipinski definition) is 3. The van der Waals surface area contributed by atoms with Crippen LogP contribution in [-0.2, 0) is 4.79 Å². The van der Waals surface area contributed by atoms with Gasteiger partial charge in [-0.3, -0.25) is 9.69 Å². The highest BCUT2D eigenvalue weighted by Gasteiger charge is 2.25. The van der Waals surface area contributed by atoms with E-state index in [2.05, 4.69) is 5.32 Å². The van der Waals surface area contributed by atoms with Gasteiger partial charge in [-0.25, -0.2) is 0 Å². The van der Waals surface area contributed by atoms with Crippen molar-refractivity contribution in [2.24, 2.45) is 5.41 Å². The quantitative estimate of drug-likeness (QED) is 0.711. The second-order valence-electron chi connectivity index (χ2n) is 5.47. The van der Waals surface area contributed by atoms with Crippen molar-refractivity contribution in [3.63, 3.8) is 0 Å². The molecule has 1 aromatic carbocycles. The molecule has 1 amide bonds. The largest absolute Gasteiger partial charge is 0.396 e. The van der Waals surface area contributed by atoms with Crippen LogP contribution in [0.15, 0.2) is 18.2 Å². The summed E-state index contributed by atoms with van der Waals surface area (Å²) >= 11 is 11.8. The van der Waals surface area contributed by atoms with E-state index in [0.717, 1.165) is 0 Å². The van der Waals surface area contributed by atoms with E-state index in [-0.39, 0.29) is 25.7 Å². The van der Waals surface area contributed by atoms with E-state index in [4.69, 9.17) is 23.2 Å². The number of amides is 1. The topological polar surface area (TPSA) is 72.8 Å². The molecule has 7 heteroatoms. The number of nitrogens with one attached hydrogen (secondary N) is 1. The second-order valence-corrected chi connectivity index (χ2v) is 6.32. The van der Waals surface area contributed by atoms with Crippen molar-refractivity contribution in [3.05, 3.63) is 28.2 Å². The number of likely N-dealkylation sites (N-methyl/N-ethyl adjacent to an activating group) is 1. The van der Waals surface area contributed by atoms with Crippen molar-refractivity contribution in [2.45, 2.75) is 6.92 Å². The molecule has 21 heavy (non-hydrogen) atoms. The van der Waals surface area contributed by atoms with Crippen LogP contribution in [0.5, 0.6) is 0 Å². The fourth-order valence-corrected chi connectivity index (χ4v) is 2.34. The number of aliphatic hydroxyl groups is 2. The summed E-state index contributed by atoms with van der Waals surface area (Å²) in [6, 6.07) is 4.83. The van der Waals surface area contributed by atoms with Crippen LogP contribution in [0, 0.1) is 5.41 Å². The van der Waals surface area contributed by atoms with Gasteiger partial charge in [0.25, 0.3) is 0 Å². The van der Waals surface area contributed by atoms with Crippen LogP contribution in [0.4, 0.5) is 5.69 Å². The molecule has 0 heterocycles. The first kappa shape index (κ1) is 18.2. The molecule has 0 aliphatic rings. The molecular weight excluding hydrogens is 315 g/mol. The Kier molecular flexibility index (Phi) is 6.90. The third kappa shape index (κ3) is 5.80. The smallest absolute Gasteiger partial charge is 0.238 e. The molecule has 0 bridgehead atoms. The summed E-state index contributed by atoms with van der Waals surface area (Å²) in [7, 11) is 1.74. The van der Waals surface area contributed by atoms with Crippen molar-refractivity contribution in [3.8, 4) is 0 Å². The minimum atomic E-state index is -0.646. The monoisotopic (exact) mass is 334 g/mol. The fraction of sp³-hybridized carbons (Fsp3) is 0.500. The lowest BCUT2D eigenvalue weighted by molar-refractivity contribution is -0.117. The number of nitrogens with zero attached hydrogens (tertiary/aromatic N) is 1. The predicted octanol–water partition coefficient (Wildman–Crippen LogP) is 1.85. The van der Waals surface area contributed by atoms with E-state index in [1.165, 1.54) is 0 Å². The molecule has 0 fully saturated rings. The van der Waals surface area contributed by atoms with Crippen LogP contribution >= 0.6 is 23.2 Å². The Bertz CT molecular complexity index is 493. The average molecular weight is 335 g/mol. The number of aliphatic hydroxyl groups excluding tert-OH is 2. The molecule has 0 atom stereocenters. The zero-order chi connectivity index (χ0) is 16.0. The van der Waals surface area contributed by atoms with Gasteiger partial charge in [-0.2, -0.15) is 0 Å². The lowest BCUT2D eigenvalue weighted by Gasteiger charge is -2.29. The lowest BCUT2D eigenvalue weighted by Crippen LogP contribution is -2.41. The van der Waals surface area contributed by atoms with E-state index in [1.54, 1.807) is 37.1 Å². The van der Waals surface area contributed by atoms with Crippen LogP contribution in [0.1, 0.15) is 6.92 Å². The first-order valence-corrected chi connectivity index (χ1v) is 7.20. The molecule has 0 aliphatic heterocycles. The number of rotatable bonds is 7. The Morgan fingerprint density at radius 1 is 1.33 bits per heavy atom. The Balaban J connectivity index is 2.57. The van der Waals surface area contributed by atoms with Crippen LogP contribution in [0.2, 0.25) is 10.0 Å². The summed E-state index contributed by atoms with van der Waals surface area (Å²) in [5.74, 6) is -0.236. The number of benzene rings is 1. The van der Waals surface area contributed by atoms with Crippen molar-refractivity contribution in [1.82, 2.24) is 4.90 Å². The maximum absolute atomic E-state index is 12.0. The summed E-state index contributed by atoms with van der Waals surface area (Å²) < 4.78 is 0. The van der Waals surface area contributed by atoms with Gasteiger partial charge in [-0.15, -0.1) is 0 Å². The Labute approximate surface area is 134 Å². The predicted molar refractivity (Wildman–Crippen MR) is 84.9 cm³/mol.